The summed E-state index contributed by atoms with van der Waals surface area (Å²) in [6.45, 7) is 4.84. The van der Waals surface area contributed by atoms with Gasteiger partial charge in [-0.3, -0.25) is 9.59 Å². The Morgan fingerprint density at radius 3 is 1.23 bits per heavy atom. The van der Waals surface area contributed by atoms with E-state index in [4.69, 9.17) is 4.74 Å². The predicted octanol–water partition coefficient (Wildman–Crippen LogP) is 15.7. The molecule has 0 aromatic heterocycles. The fourth-order valence-corrected chi connectivity index (χ4v) is 7.86. The van der Waals surface area contributed by atoms with E-state index in [1.54, 1.807) is 6.08 Å². The van der Waals surface area contributed by atoms with Crippen LogP contribution in [0.15, 0.2) is 36.5 Å². The summed E-state index contributed by atoms with van der Waals surface area (Å²) >= 11 is 0. The maximum absolute atomic E-state index is 12.4. The SMILES string of the molecule is CCCCCCCCCCCCCCCCC/C=C/C(O)C(CO)NC(=O)CCCCCCCC/C=C\C=C/CCCCCOC(=O)CCCCCCCCCCCCC. The minimum Gasteiger partial charge on any atom is -0.466 e. The topological polar surface area (TPSA) is 95.9 Å². The van der Waals surface area contributed by atoms with Crippen molar-refractivity contribution in [1.82, 2.24) is 5.32 Å². The summed E-state index contributed by atoms with van der Waals surface area (Å²) in [5, 5.41) is 23.1. The van der Waals surface area contributed by atoms with Gasteiger partial charge in [-0.15, -0.1) is 0 Å². The lowest BCUT2D eigenvalue weighted by Gasteiger charge is -2.20. The first-order valence-electron chi connectivity index (χ1n) is 26.3. The van der Waals surface area contributed by atoms with Crippen LogP contribution in [-0.2, 0) is 14.3 Å². The fraction of sp³-hybridized carbons (Fsp3) is 0.852. The molecule has 0 fully saturated rings. The lowest BCUT2D eigenvalue weighted by Crippen LogP contribution is -2.45. The molecule has 0 radical (unpaired) electrons. The molecule has 0 spiro atoms. The normalized spacial score (nSPS) is 12.9. The second-order valence-electron chi connectivity index (χ2n) is 17.9. The molecule has 6 nitrogen and oxygen atoms in total. The molecule has 0 saturated carbocycles. The minimum absolute atomic E-state index is 0.0236. The van der Waals surface area contributed by atoms with E-state index in [0.29, 0.717) is 19.4 Å². The molecule has 60 heavy (non-hydrogen) atoms. The smallest absolute Gasteiger partial charge is 0.305 e. The van der Waals surface area contributed by atoms with Crippen LogP contribution in [0.3, 0.4) is 0 Å². The Bertz CT molecular complexity index is 977. The van der Waals surface area contributed by atoms with E-state index < -0.39 is 12.1 Å². The van der Waals surface area contributed by atoms with Crippen LogP contribution in [0.25, 0.3) is 0 Å². The molecule has 0 aromatic carbocycles. The monoisotopic (exact) mass is 844 g/mol. The number of unbranched alkanes of at least 4 members (excludes halogenated alkanes) is 34. The van der Waals surface area contributed by atoms with Crippen molar-refractivity contribution in [3.63, 3.8) is 0 Å². The second-order valence-corrected chi connectivity index (χ2v) is 17.9. The van der Waals surface area contributed by atoms with Gasteiger partial charge in [-0.05, 0) is 64.2 Å². The van der Waals surface area contributed by atoms with Gasteiger partial charge in [0.25, 0.3) is 0 Å². The average Bonchev–Trinajstić information content (AvgIpc) is 3.25. The lowest BCUT2D eigenvalue weighted by atomic mass is 10.0. The largest absolute Gasteiger partial charge is 0.466 e. The Labute approximate surface area is 373 Å². The van der Waals surface area contributed by atoms with E-state index in [9.17, 15) is 19.8 Å². The minimum atomic E-state index is -0.858. The molecule has 6 heteroatoms. The average molecular weight is 844 g/mol. The number of rotatable bonds is 48. The van der Waals surface area contributed by atoms with E-state index >= 15 is 0 Å². The number of allylic oxidation sites excluding steroid dienone is 5. The number of carbonyl (C=O) groups is 2. The first kappa shape index (κ1) is 58.1. The summed E-state index contributed by atoms with van der Waals surface area (Å²) in [5.74, 6) is -0.114. The Kier molecular flexibility index (Phi) is 48.1. The summed E-state index contributed by atoms with van der Waals surface area (Å²) in [7, 11) is 0. The van der Waals surface area contributed by atoms with Gasteiger partial charge in [0.1, 0.15) is 0 Å². The number of nitrogens with one attached hydrogen (secondary N) is 1. The van der Waals surface area contributed by atoms with Crippen molar-refractivity contribution in [3.05, 3.63) is 36.5 Å². The van der Waals surface area contributed by atoms with E-state index in [-0.39, 0.29) is 18.5 Å². The highest BCUT2D eigenvalue weighted by atomic mass is 16.5. The number of esters is 1. The van der Waals surface area contributed by atoms with Gasteiger partial charge in [0, 0.05) is 12.8 Å². The van der Waals surface area contributed by atoms with Crippen molar-refractivity contribution >= 4 is 11.9 Å². The molecule has 0 aliphatic heterocycles. The number of aliphatic hydroxyl groups excluding tert-OH is 2. The van der Waals surface area contributed by atoms with E-state index in [1.165, 1.54) is 167 Å². The van der Waals surface area contributed by atoms with Gasteiger partial charge in [0.2, 0.25) is 5.91 Å². The van der Waals surface area contributed by atoms with Crippen LogP contribution >= 0.6 is 0 Å². The molecule has 0 bridgehead atoms. The highest BCUT2D eigenvalue weighted by molar-refractivity contribution is 5.76. The number of carbonyl (C=O) groups excluding carboxylic acids is 2. The molecule has 0 aromatic rings. The van der Waals surface area contributed by atoms with Crippen molar-refractivity contribution in [2.45, 2.75) is 283 Å². The van der Waals surface area contributed by atoms with Gasteiger partial charge in [0.05, 0.1) is 25.4 Å². The van der Waals surface area contributed by atoms with Crippen LogP contribution in [0.2, 0.25) is 0 Å². The molecule has 0 saturated heterocycles. The molecule has 2 atom stereocenters. The molecule has 2 unspecified atom stereocenters. The third-order valence-electron chi connectivity index (χ3n) is 11.9. The van der Waals surface area contributed by atoms with Crippen molar-refractivity contribution in [3.8, 4) is 0 Å². The van der Waals surface area contributed by atoms with E-state index in [2.05, 4.69) is 43.5 Å². The van der Waals surface area contributed by atoms with Gasteiger partial charge < -0.3 is 20.3 Å². The summed E-state index contributed by atoms with van der Waals surface area (Å²) in [5.41, 5.74) is 0. The number of amides is 1. The van der Waals surface area contributed by atoms with Crippen LogP contribution in [-0.4, -0.2) is 47.4 Å². The Balaban J connectivity index is 3.57. The van der Waals surface area contributed by atoms with Crippen LogP contribution in [0, 0.1) is 0 Å². The van der Waals surface area contributed by atoms with E-state index in [1.807, 2.05) is 6.08 Å². The predicted molar refractivity (Wildman–Crippen MR) is 259 cm³/mol. The van der Waals surface area contributed by atoms with Crippen LogP contribution in [0.4, 0.5) is 0 Å². The maximum Gasteiger partial charge on any atom is 0.305 e. The van der Waals surface area contributed by atoms with Crippen molar-refractivity contribution in [1.29, 1.82) is 0 Å². The van der Waals surface area contributed by atoms with Gasteiger partial charge in [-0.25, -0.2) is 0 Å². The standard InChI is InChI=1S/C54H101NO5/c1-3-5-7-9-11-13-15-16-17-18-20-23-27-30-34-38-42-46-52(57)51(50-56)55-53(58)47-43-39-35-31-28-24-21-19-22-25-29-33-37-41-45-49-60-54(59)48-44-40-36-32-26-14-12-10-8-6-4-2/h19,22,25,29,42,46,51-52,56-57H,3-18,20-21,23-24,26-28,30-41,43-45,47-50H2,1-2H3,(H,55,58)/b22-19-,29-25-,46-42+. The Morgan fingerprint density at radius 1 is 0.467 bits per heavy atom. The summed E-state index contributed by atoms with van der Waals surface area (Å²) in [4.78, 5) is 24.4. The van der Waals surface area contributed by atoms with Crippen LogP contribution in [0.5, 0.6) is 0 Å². The maximum atomic E-state index is 12.4. The second kappa shape index (κ2) is 49.7. The molecule has 3 N–H and O–H groups in total. The third-order valence-corrected chi connectivity index (χ3v) is 11.9. The van der Waals surface area contributed by atoms with Gasteiger partial charge in [0.15, 0.2) is 0 Å². The zero-order valence-corrected chi connectivity index (χ0v) is 39.9. The Hall–Kier alpha value is -1.92. The molecule has 1 amide bonds. The Morgan fingerprint density at radius 2 is 0.817 bits per heavy atom. The van der Waals surface area contributed by atoms with E-state index in [0.717, 1.165) is 77.0 Å². The number of aliphatic hydroxyl groups is 2. The molecule has 352 valence electrons. The first-order valence-corrected chi connectivity index (χ1v) is 26.3. The highest BCUT2D eigenvalue weighted by Crippen LogP contribution is 2.15. The molecule has 0 rings (SSSR count). The van der Waals surface area contributed by atoms with Crippen molar-refractivity contribution < 1.29 is 24.5 Å². The lowest BCUT2D eigenvalue weighted by molar-refractivity contribution is -0.143. The number of hydrogen-bond donors (Lipinski definition) is 3. The summed E-state index contributed by atoms with van der Waals surface area (Å²) in [6.07, 6.45) is 60.0. The first-order chi connectivity index (χ1) is 29.5. The fourth-order valence-electron chi connectivity index (χ4n) is 7.86. The molecule has 0 heterocycles. The van der Waals surface area contributed by atoms with Crippen LogP contribution < -0.4 is 5.32 Å². The third kappa shape index (κ3) is 45.6. The zero-order valence-electron chi connectivity index (χ0n) is 39.9. The van der Waals surface area contributed by atoms with Gasteiger partial charge in [-0.2, -0.15) is 0 Å². The number of hydrogen-bond acceptors (Lipinski definition) is 5. The van der Waals surface area contributed by atoms with Gasteiger partial charge >= 0.3 is 5.97 Å². The van der Waals surface area contributed by atoms with Crippen molar-refractivity contribution in [2.24, 2.45) is 0 Å². The molecular formula is C54H101NO5. The quantitative estimate of drug-likeness (QED) is 0.0245. The summed E-state index contributed by atoms with van der Waals surface area (Å²) < 4.78 is 5.42. The van der Waals surface area contributed by atoms with Gasteiger partial charge in [-0.1, -0.05) is 230 Å². The highest BCUT2D eigenvalue weighted by Gasteiger charge is 2.18. The molecule has 0 aliphatic carbocycles. The molecular weight excluding hydrogens is 743 g/mol. The number of ether oxygens (including phenoxy) is 1. The molecule has 0 aliphatic rings. The van der Waals surface area contributed by atoms with Crippen molar-refractivity contribution in [2.75, 3.05) is 13.2 Å². The van der Waals surface area contributed by atoms with Crippen LogP contribution in [0.1, 0.15) is 271 Å². The summed E-state index contributed by atoms with van der Waals surface area (Å²) in [6, 6.07) is -0.644. The zero-order chi connectivity index (χ0) is 43.7.